The van der Waals surface area contributed by atoms with Gasteiger partial charge in [-0.3, -0.25) is 9.59 Å². The van der Waals surface area contributed by atoms with Crippen molar-refractivity contribution in [1.82, 2.24) is 0 Å². The van der Waals surface area contributed by atoms with Crippen LogP contribution >= 0.6 is 0 Å². The molecule has 2 aliphatic rings. The summed E-state index contributed by atoms with van der Waals surface area (Å²) < 4.78 is 0. The number of aryl methyl sites for hydroxylation is 2. The molecule has 1 unspecified atom stereocenters. The fraction of sp³-hybridized carbons (Fsp3) is 0.579. The number of nitrogens with one attached hydrogen (secondary N) is 1. The van der Waals surface area contributed by atoms with Crippen molar-refractivity contribution in [3.8, 4) is 0 Å². The molecular weight excluding hydrogens is 304 g/mol. The molecule has 0 saturated carbocycles. The summed E-state index contributed by atoms with van der Waals surface area (Å²) >= 11 is 0. The number of anilines is 1. The number of carbonyl (C=O) groups excluding carboxylic acids is 2. The van der Waals surface area contributed by atoms with Gasteiger partial charge < -0.3 is 10.0 Å². The summed E-state index contributed by atoms with van der Waals surface area (Å²) in [6.07, 6.45) is 4.24. The van der Waals surface area contributed by atoms with E-state index in [0.29, 0.717) is 12.1 Å². The molecule has 0 spiro atoms. The van der Waals surface area contributed by atoms with Crippen molar-refractivity contribution in [2.75, 3.05) is 18.1 Å². The highest BCUT2D eigenvalue weighted by Crippen LogP contribution is 2.25. The van der Waals surface area contributed by atoms with Gasteiger partial charge in [-0.05, 0) is 56.4 Å². The molecule has 2 N–H and O–H groups in total. The normalized spacial score (nSPS) is 27.8. The minimum Gasteiger partial charge on any atom is -0.396 e. The van der Waals surface area contributed by atoms with Crippen molar-refractivity contribution in [2.45, 2.75) is 58.0 Å². The molecule has 2 fully saturated rings. The van der Waals surface area contributed by atoms with Crippen LogP contribution in [-0.2, 0) is 9.59 Å². The third kappa shape index (κ3) is 3.10. The molecule has 2 aliphatic heterocycles. The molecule has 2 amide bonds. The van der Waals surface area contributed by atoms with Crippen LogP contribution in [0.5, 0.6) is 0 Å². The summed E-state index contributed by atoms with van der Waals surface area (Å²) in [5.74, 6) is -0.183. The van der Waals surface area contributed by atoms with Crippen molar-refractivity contribution in [2.24, 2.45) is 0 Å². The first-order valence-corrected chi connectivity index (χ1v) is 8.93. The average molecular weight is 331 g/mol. The summed E-state index contributed by atoms with van der Waals surface area (Å²) in [6, 6.07) is 5.73. The average Bonchev–Trinajstić information content (AvgIpc) is 2.86. The lowest BCUT2D eigenvalue weighted by molar-refractivity contribution is -0.945. The van der Waals surface area contributed by atoms with Gasteiger partial charge in [-0.2, -0.15) is 0 Å². The third-order valence-corrected chi connectivity index (χ3v) is 5.61. The van der Waals surface area contributed by atoms with Crippen molar-refractivity contribution in [3.63, 3.8) is 0 Å². The van der Waals surface area contributed by atoms with Gasteiger partial charge in [-0.25, -0.2) is 4.90 Å². The van der Waals surface area contributed by atoms with Crippen LogP contribution < -0.4 is 9.80 Å². The van der Waals surface area contributed by atoms with Crippen LogP contribution in [-0.4, -0.2) is 42.2 Å². The molecule has 0 bridgehead atoms. The van der Waals surface area contributed by atoms with E-state index in [2.05, 4.69) is 0 Å². The largest absolute Gasteiger partial charge is 0.396 e. The third-order valence-electron chi connectivity index (χ3n) is 5.61. The molecule has 5 nitrogen and oxygen atoms in total. The Balaban J connectivity index is 1.84. The van der Waals surface area contributed by atoms with E-state index in [1.165, 1.54) is 9.80 Å². The maximum atomic E-state index is 13.0. The Morgan fingerprint density at radius 2 is 2.00 bits per heavy atom. The van der Waals surface area contributed by atoms with Crippen molar-refractivity contribution in [3.05, 3.63) is 29.3 Å². The van der Waals surface area contributed by atoms with Gasteiger partial charge in [0.1, 0.15) is 0 Å². The lowest BCUT2D eigenvalue weighted by Gasteiger charge is -2.35. The van der Waals surface area contributed by atoms with E-state index in [1.54, 1.807) is 0 Å². The fourth-order valence-corrected chi connectivity index (χ4v) is 4.11. The summed E-state index contributed by atoms with van der Waals surface area (Å²) in [4.78, 5) is 28.1. The second kappa shape index (κ2) is 7.03. The van der Waals surface area contributed by atoms with Gasteiger partial charge in [0.15, 0.2) is 6.04 Å². The molecule has 3 atom stereocenters. The lowest BCUT2D eigenvalue weighted by Crippen LogP contribution is -3.20. The second-order valence-electron chi connectivity index (χ2n) is 7.12. The number of amides is 2. The van der Waals surface area contributed by atoms with Crippen LogP contribution in [0.4, 0.5) is 5.69 Å². The van der Waals surface area contributed by atoms with Gasteiger partial charge in [0, 0.05) is 13.0 Å². The number of rotatable bonds is 4. The van der Waals surface area contributed by atoms with Crippen molar-refractivity contribution < 1.29 is 19.6 Å². The number of carbonyl (C=O) groups is 2. The standard InChI is InChI=1S/C19H26N2O3/c1-13-6-7-16(11-14(13)2)21-18(23)12-17(19(21)24)20-9-4-3-5-15(20)8-10-22/h6-7,11,15,17,22H,3-5,8-10,12H2,1-2H3/p+1/t15-,17+/m1/s1. The van der Waals surface area contributed by atoms with Gasteiger partial charge in [0.2, 0.25) is 5.91 Å². The van der Waals surface area contributed by atoms with E-state index in [0.717, 1.165) is 36.9 Å². The summed E-state index contributed by atoms with van der Waals surface area (Å²) in [7, 11) is 0. The first-order chi connectivity index (χ1) is 11.5. The van der Waals surface area contributed by atoms with Gasteiger partial charge in [-0.1, -0.05) is 6.07 Å². The predicted molar refractivity (Wildman–Crippen MR) is 92.0 cm³/mol. The molecule has 1 aromatic carbocycles. The highest BCUT2D eigenvalue weighted by molar-refractivity contribution is 6.21. The van der Waals surface area contributed by atoms with Crippen LogP contribution in [0.2, 0.25) is 0 Å². The molecule has 0 radical (unpaired) electrons. The smallest absolute Gasteiger partial charge is 0.292 e. The summed E-state index contributed by atoms with van der Waals surface area (Å²) in [6.45, 7) is 5.07. The van der Waals surface area contributed by atoms with Gasteiger partial charge in [-0.15, -0.1) is 0 Å². The monoisotopic (exact) mass is 331 g/mol. The highest BCUT2D eigenvalue weighted by Gasteiger charge is 2.48. The van der Waals surface area contributed by atoms with E-state index >= 15 is 0 Å². The minimum atomic E-state index is -0.295. The van der Waals surface area contributed by atoms with Crippen LogP contribution in [0.1, 0.15) is 43.2 Å². The number of nitrogens with zero attached hydrogens (tertiary/aromatic N) is 1. The molecule has 130 valence electrons. The number of piperidine rings is 1. The van der Waals surface area contributed by atoms with Gasteiger partial charge in [0.25, 0.3) is 5.91 Å². The highest BCUT2D eigenvalue weighted by atomic mass is 16.3. The molecular formula is C19H27N2O3+. The van der Waals surface area contributed by atoms with Crippen LogP contribution in [0.25, 0.3) is 0 Å². The van der Waals surface area contributed by atoms with E-state index in [1.807, 2.05) is 32.0 Å². The maximum Gasteiger partial charge on any atom is 0.292 e. The quantitative estimate of drug-likeness (QED) is 0.801. The van der Waals surface area contributed by atoms with Crippen LogP contribution in [0.15, 0.2) is 18.2 Å². The Hall–Kier alpha value is -1.72. The van der Waals surface area contributed by atoms with E-state index < -0.39 is 0 Å². The van der Waals surface area contributed by atoms with Crippen molar-refractivity contribution >= 4 is 17.5 Å². The predicted octanol–water partition coefficient (Wildman–Crippen LogP) is 0.755. The number of hydrogen-bond acceptors (Lipinski definition) is 3. The Morgan fingerprint density at radius 3 is 2.71 bits per heavy atom. The first-order valence-electron chi connectivity index (χ1n) is 8.93. The second-order valence-corrected chi connectivity index (χ2v) is 7.12. The number of imide groups is 1. The Morgan fingerprint density at radius 1 is 1.21 bits per heavy atom. The SMILES string of the molecule is Cc1ccc(N2C(=O)C[C@H]([NH+]3CCCC[C@@H]3CCO)C2=O)cc1C. The number of benzene rings is 1. The summed E-state index contributed by atoms with van der Waals surface area (Å²) in [5.41, 5.74) is 2.92. The number of aliphatic hydroxyl groups is 1. The zero-order valence-corrected chi connectivity index (χ0v) is 14.5. The molecule has 0 aromatic heterocycles. The minimum absolute atomic E-state index is 0.0805. The fourth-order valence-electron chi connectivity index (χ4n) is 4.11. The van der Waals surface area contributed by atoms with E-state index in [9.17, 15) is 14.7 Å². The Bertz CT molecular complexity index is 641. The number of quaternary nitrogens is 1. The number of aliphatic hydroxyl groups excluding tert-OH is 1. The zero-order chi connectivity index (χ0) is 17.3. The first kappa shape index (κ1) is 17.1. The molecule has 2 heterocycles. The molecule has 0 aliphatic carbocycles. The van der Waals surface area contributed by atoms with Gasteiger partial charge in [0.05, 0.1) is 24.7 Å². The van der Waals surface area contributed by atoms with E-state index in [-0.39, 0.29) is 36.9 Å². The molecule has 24 heavy (non-hydrogen) atoms. The van der Waals surface area contributed by atoms with Gasteiger partial charge >= 0.3 is 0 Å². The van der Waals surface area contributed by atoms with Crippen LogP contribution in [0.3, 0.4) is 0 Å². The van der Waals surface area contributed by atoms with E-state index in [4.69, 9.17) is 0 Å². The number of likely N-dealkylation sites (tertiary alicyclic amines) is 1. The van der Waals surface area contributed by atoms with Crippen LogP contribution in [0, 0.1) is 13.8 Å². The number of hydrogen-bond donors (Lipinski definition) is 2. The lowest BCUT2D eigenvalue weighted by atomic mass is 9.97. The maximum absolute atomic E-state index is 13.0. The molecule has 2 saturated heterocycles. The summed E-state index contributed by atoms with van der Waals surface area (Å²) in [5, 5.41) is 9.31. The molecule has 3 rings (SSSR count). The Kier molecular flexibility index (Phi) is 5.01. The topological polar surface area (TPSA) is 62.1 Å². The zero-order valence-electron chi connectivity index (χ0n) is 14.5. The molecule has 5 heteroatoms. The van der Waals surface area contributed by atoms with Crippen molar-refractivity contribution in [1.29, 1.82) is 0 Å². The Labute approximate surface area is 143 Å². The molecule has 1 aromatic rings.